The quantitative estimate of drug-likeness (QED) is 0.696. The molecule has 2 rings (SSSR count). The lowest BCUT2D eigenvalue weighted by molar-refractivity contribution is 0.0692. The zero-order valence-corrected chi connectivity index (χ0v) is 9.89. The Morgan fingerprint density at radius 3 is 2.56 bits per heavy atom. The maximum Gasteiger partial charge on any atom is 0.338 e. The van der Waals surface area contributed by atoms with Crippen LogP contribution in [0.15, 0.2) is 34.6 Å². The third kappa shape index (κ3) is 2.66. The van der Waals surface area contributed by atoms with Gasteiger partial charge < -0.3 is 16.6 Å². The van der Waals surface area contributed by atoms with Crippen molar-refractivity contribution >= 4 is 29.4 Å². The van der Waals surface area contributed by atoms with E-state index < -0.39 is 5.97 Å². The van der Waals surface area contributed by atoms with Gasteiger partial charge in [0.1, 0.15) is 16.7 Å². The van der Waals surface area contributed by atoms with Crippen molar-refractivity contribution in [2.75, 3.05) is 11.5 Å². The first-order valence-electron chi connectivity index (χ1n) is 4.82. The predicted octanol–water partition coefficient (Wildman–Crippen LogP) is 0.885. The van der Waals surface area contributed by atoms with Crippen molar-refractivity contribution in [3.63, 3.8) is 0 Å². The molecule has 0 fully saturated rings. The van der Waals surface area contributed by atoms with Crippen molar-refractivity contribution < 1.29 is 9.90 Å². The van der Waals surface area contributed by atoms with Crippen LogP contribution >= 0.6 is 11.8 Å². The van der Waals surface area contributed by atoms with Gasteiger partial charge in [-0.25, -0.2) is 19.7 Å². The summed E-state index contributed by atoms with van der Waals surface area (Å²) in [5, 5.41) is 9.55. The first-order chi connectivity index (χ1) is 8.56. The smallest absolute Gasteiger partial charge is 0.338 e. The lowest BCUT2D eigenvalue weighted by Gasteiger charge is -2.04. The van der Waals surface area contributed by atoms with Crippen LogP contribution in [0.2, 0.25) is 0 Å². The fraction of sp³-hybridized carbons (Fsp3) is 0. The summed E-state index contributed by atoms with van der Waals surface area (Å²) in [7, 11) is 0. The molecule has 0 saturated heterocycles. The zero-order valence-electron chi connectivity index (χ0n) is 9.07. The van der Waals surface area contributed by atoms with E-state index in [-0.39, 0.29) is 27.4 Å². The summed E-state index contributed by atoms with van der Waals surface area (Å²) in [6.07, 6.45) is 1.49. The molecule has 5 N–H and O–H groups in total. The van der Waals surface area contributed by atoms with E-state index in [0.29, 0.717) is 0 Å². The van der Waals surface area contributed by atoms with Crippen molar-refractivity contribution in [3.05, 3.63) is 30.0 Å². The van der Waals surface area contributed by atoms with E-state index >= 15 is 0 Å². The summed E-state index contributed by atoms with van der Waals surface area (Å²) < 4.78 is 0. The highest BCUT2D eigenvalue weighted by Crippen LogP contribution is 2.26. The molecule has 0 atom stereocenters. The zero-order chi connectivity index (χ0) is 13.1. The van der Waals surface area contributed by atoms with E-state index in [4.69, 9.17) is 16.6 Å². The SMILES string of the molecule is Nc1cc(N)nc(Sc2ncccc2C(=O)O)n1. The number of nitrogens with two attached hydrogens (primary N) is 2. The van der Waals surface area contributed by atoms with Crippen LogP contribution in [0.3, 0.4) is 0 Å². The van der Waals surface area contributed by atoms with E-state index in [1.54, 1.807) is 6.07 Å². The topological polar surface area (TPSA) is 128 Å². The van der Waals surface area contributed by atoms with Crippen LogP contribution in [0.5, 0.6) is 0 Å². The molecule has 0 amide bonds. The summed E-state index contributed by atoms with van der Waals surface area (Å²) in [5.41, 5.74) is 11.1. The Kier molecular flexibility index (Phi) is 3.28. The highest BCUT2D eigenvalue weighted by molar-refractivity contribution is 7.99. The van der Waals surface area contributed by atoms with Crippen LogP contribution in [0.1, 0.15) is 10.4 Å². The molecule has 0 aliphatic rings. The van der Waals surface area contributed by atoms with Gasteiger partial charge in [0.15, 0.2) is 5.16 Å². The molecule has 7 nitrogen and oxygen atoms in total. The molecule has 2 heterocycles. The van der Waals surface area contributed by atoms with Gasteiger partial charge >= 0.3 is 5.97 Å². The van der Waals surface area contributed by atoms with Crippen LogP contribution in [-0.2, 0) is 0 Å². The number of carbonyl (C=O) groups is 1. The van der Waals surface area contributed by atoms with Crippen LogP contribution in [0.4, 0.5) is 11.6 Å². The van der Waals surface area contributed by atoms with Gasteiger partial charge in [0.05, 0.1) is 5.56 Å². The van der Waals surface area contributed by atoms with E-state index in [1.165, 1.54) is 18.3 Å². The number of hydrogen-bond donors (Lipinski definition) is 3. The van der Waals surface area contributed by atoms with Crippen LogP contribution < -0.4 is 11.5 Å². The Balaban J connectivity index is 2.37. The Morgan fingerprint density at radius 1 is 1.28 bits per heavy atom. The summed E-state index contributed by atoms with van der Waals surface area (Å²) in [6.45, 7) is 0. The molecule has 92 valence electrons. The molecule has 0 aromatic carbocycles. The molecule has 18 heavy (non-hydrogen) atoms. The minimum atomic E-state index is -1.07. The maximum absolute atomic E-state index is 11.0. The number of hydrogen-bond acceptors (Lipinski definition) is 7. The number of anilines is 2. The second kappa shape index (κ2) is 4.88. The fourth-order valence-corrected chi connectivity index (χ4v) is 2.08. The van der Waals surface area contributed by atoms with Crippen LogP contribution in [0.25, 0.3) is 0 Å². The van der Waals surface area contributed by atoms with Gasteiger partial charge in [0, 0.05) is 12.3 Å². The monoisotopic (exact) mass is 263 g/mol. The highest BCUT2D eigenvalue weighted by Gasteiger charge is 2.13. The molecule has 0 saturated carbocycles. The van der Waals surface area contributed by atoms with Crippen molar-refractivity contribution in [1.29, 1.82) is 0 Å². The average Bonchev–Trinajstić information content (AvgIpc) is 2.27. The van der Waals surface area contributed by atoms with Crippen LogP contribution in [-0.4, -0.2) is 26.0 Å². The lowest BCUT2D eigenvalue weighted by Crippen LogP contribution is -2.02. The molecule has 0 radical (unpaired) electrons. The summed E-state index contributed by atoms with van der Waals surface area (Å²) in [5.74, 6) is -0.627. The third-order valence-corrected chi connectivity index (χ3v) is 2.82. The predicted molar refractivity (Wildman–Crippen MR) is 66.2 cm³/mol. The van der Waals surface area contributed by atoms with Gasteiger partial charge in [-0.3, -0.25) is 0 Å². The van der Waals surface area contributed by atoms with E-state index in [0.717, 1.165) is 11.8 Å². The first-order valence-corrected chi connectivity index (χ1v) is 5.64. The number of carboxylic acid groups (broad SMARTS) is 1. The van der Waals surface area contributed by atoms with Crippen molar-refractivity contribution in [2.24, 2.45) is 0 Å². The number of aromatic carboxylic acids is 1. The normalized spacial score (nSPS) is 10.2. The van der Waals surface area contributed by atoms with Crippen LogP contribution in [0, 0.1) is 0 Å². The number of carboxylic acids is 1. The molecule has 0 aliphatic heterocycles. The minimum Gasteiger partial charge on any atom is -0.478 e. The van der Waals surface area contributed by atoms with Gasteiger partial charge in [-0.05, 0) is 23.9 Å². The molecule has 0 aliphatic carbocycles. The Hall–Kier alpha value is -2.35. The molecule has 0 unspecified atom stereocenters. The molecule has 8 heteroatoms. The summed E-state index contributed by atoms with van der Waals surface area (Å²) in [6, 6.07) is 4.41. The number of rotatable bonds is 3. The van der Waals surface area contributed by atoms with E-state index in [2.05, 4.69) is 15.0 Å². The second-order valence-electron chi connectivity index (χ2n) is 3.26. The Morgan fingerprint density at radius 2 is 1.94 bits per heavy atom. The third-order valence-electron chi connectivity index (χ3n) is 1.93. The Bertz CT molecular complexity index is 584. The van der Waals surface area contributed by atoms with Gasteiger partial charge in [0.25, 0.3) is 0 Å². The fourth-order valence-electron chi connectivity index (χ4n) is 1.23. The number of nitrogen functional groups attached to an aromatic ring is 2. The molecule has 0 bridgehead atoms. The van der Waals surface area contributed by atoms with E-state index in [9.17, 15) is 4.79 Å². The van der Waals surface area contributed by atoms with Gasteiger partial charge in [-0.15, -0.1) is 0 Å². The van der Waals surface area contributed by atoms with Crippen molar-refractivity contribution in [3.8, 4) is 0 Å². The molecule has 2 aromatic heterocycles. The standard InChI is InChI=1S/C10H9N5O2S/c11-6-4-7(12)15-10(14-6)18-8-5(9(16)17)2-1-3-13-8/h1-4H,(H,16,17)(H4,11,12,14,15). The summed E-state index contributed by atoms with van der Waals surface area (Å²) >= 11 is 0.997. The van der Waals surface area contributed by atoms with Crippen molar-refractivity contribution in [1.82, 2.24) is 15.0 Å². The molecule has 2 aromatic rings. The lowest BCUT2D eigenvalue weighted by atomic mass is 10.3. The molecular formula is C10H9N5O2S. The number of aromatic nitrogens is 3. The molecule has 0 spiro atoms. The van der Waals surface area contributed by atoms with Gasteiger partial charge in [-0.2, -0.15) is 0 Å². The van der Waals surface area contributed by atoms with Crippen molar-refractivity contribution in [2.45, 2.75) is 10.2 Å². The number of pyridine rings is 1. The summed E-state index contributed by atoms with van der Waals surface area (Å²) in [4.78, 5) is 22.9. The minimum absolute atomic E-state index is 0.0760. The average molecular weight is 263 g/mol. The largest absolute Gasteiger partial charge is 0.478 e. The maximum atomic E-state index is 11.0. The first kappa shape index (κ1) is 12.1. The van der Waals surface area contributed by atoms with Gasteiger partial charge in [0.2, 0.25) is 0 Å². The van der Waals surface area contributed by atoms with E-state index in [1.807, 2.05) is 0 Å². The number of nitrogens with zero attached hydrogens (tertiary/aromatic N) is 3. The Labute approximate surface area is 106 Å². The molecular weight excluding hydrogens is 254 g/mol. The van der Waals surface area contributed by atoms with Gasteiger partial charge in [-0.1, -0.05) is 0 Å². The second-order valence-corrected chi connectivity index (χ2v) is 4.22. The highest BCUT2D eigenvalue weighted by atomic mass is 32.2.